The Balaban J connectivity index is 1.65. The van der Waals surface area contributed by atoms with Gasteiger partial charge in [-0.3, -0.25) is 4.98 Å². The molecule has 1 aliphatic rings. The van der Waals surface area contributed by atoms with Crippen LogP contribution in [-0.2, 0) is 13.0 Å². The molecular formula is C18H16FN3O2. The zero-order valence-corrected chi connectivity index (χ0v) is 13.2. The molecule has 0 radical (unpaired) electrons. The average molecular weight is 325 g/mol. The van der Waals surface area contributed by atoms with Crippen LogP contribution in [0.2, 0.25) is 0 Å². The van der Waals surface area contributed by atoms with Crippen molar-refractivity contribution in [2.45, 2.75) is 13.0 Å². The van der Waals surface area contributed by atoms with Crippen molar-refractivity contribution in [3.05, 3.63) is 59.9 Å². The van der Waals surface area contributed by atoms with Crippen LogP contribution in [-0.4, -0.2) is 23.6 Å². The highest BCUT2D eigenvalue weighted by Crippen LogP contribution is 2.33. The SMILES string of the molecule is COc1ccc(F)cc1N1CCc2oc(-c3ccccn3)nc2C1. The molecule has 1 aromatic carbocycles. The number of hydrogen-bond donors (Lipinski definition) is 0. The highest BCUT2D eigenvalue weighted by atomic mass is 19.1. The third-order valence-corrected chi connectivity index (χ3v) is 4.09. The van der Waals surface area contributed by atoms with Crippen LogP contribution in [0.15, 0.2) is 47.0 Å². The number of methoxy groups -OCH3 is 1. The molecule has 0 N–H and O–H groups in total. The zero-order valence-electron chi connectivity index (χ0n) is 13.2. The summed E-state index contributed by atoms with van der Waals surface area (Å²) in [6.07, 6.45) is 2.41. The largest absolute Gasteiger partial charge is 0.495 e. The lowest BCUT2D eigenvalue weighted by Crippen LogP contribution is -2.30. The smallest absolute Gasteiger partial charge is 0.245 e. The lowest BCUT2D eigenvalue weighted by atomic mass is 10.1. The van der Waals surface area contributed by atoms with Crippen molar-refractivity contribution in [1.82, 2.24) is 9.97 Å². The normalized spacial score (nSPS) is 13.7. The second-order valence-electron chi connectivity index (χ2n) is 5.59. The van der Waals surface area contributed by atoms with E-state index < -0.39 is 0 Å². The number of ether oxygens (including phenoxy) is 1. The van der Waals surface area contributed by atoms with Gasteiger partial charge in [0, 0.05) is 25.2 Å². The molecule has 1 aliphatic heterocycles. The molecule has 122 valence electrons. The summed E-state index contributed by atoms with van der Waals surface area (Å²) in [5.41, 5.74) is 2.29. The van der Waals surface area contributed by atoms with Gasteiger partial charge in [-0.05, 0) is 24.3 Å². The molecule has 0 spiro atoms. The Kier molecular flexibility index (Phi) is 3.65. The Bertz CT molecular complexity index is 864. The Morgan fingerprint density at radius 1 is 1.25 bits per heavy atom. The van der Waals surface area contributed by atoms with Crippen LogP contribution in [0.1, 0.15) is 11.5 Å². The quantitative estimate of drug-likeness (QED) is 0.738. The van der Waals surface area contributed by atoms with Gasteiger partial charge in [0.05, 0.1) is 19.3 Å². The maximum Gasteiger partial charge on any atom is 0.245 e. The summed E-state index contributed by atoms with van der Waals surface area (Å²) < 4.78 is 24.8. The van der Waals surface area contributed by atoms with E-state index in [-0.39, 0.29) is 5.82 Å². The third-order valence-electron chi connectivity index (χ3n) is 4.09. The summed E-state index contributed by atoms with van der Waals surface area (Å²) in [4.78, 5) is 10.9. The van der Waals surface area contributed by atoms with Crippen LogP contribution in [0.25, 0.3) is 11.6 Å². The van der Waals surface area contributed by atoms with E-state index in [1.165, 1.54) is 12.1 Å². The number of aromatic nitrogens is 2. The minimum atomic E-state index is -0.286. The number of hydrogen-bond acceptors (Lipinski definition) is 5. The Morgan fingerprint density at radius 3 is 2.96 bits per heavy atom. The fourth-order valence-electron chi connectivity index (χ4n) is 2.91. The molecule has 6 heteroatoms. The highest BCUT2D eigenvalue weighted by Gasteiger charge is 2.25. The molecule has 5 nitrogen and oxygen atoms in total. The lowest BCUT2D eigenvalue weighted by Gasteiger charge is -2.28. The second kappa shape index (κ2) is 5.96. The van der Waals surface area contributed by atoms with Gasteiger partial charge in [-0.2, -0.15) is 0 Å². The topological polar surface area (TPSA) is 51.4 Å². The molecule has 3 aromatic rings. The van der Waals surface area contributed by atoms with Crippen molar-refractivity contribution in [3.63, 3.8) is 0 Å². The molecule has 0 saturated carbocycles. The predicted octanol–water partition coefficient (Wildman–Crippen LogP) is 3.45. The van der Waals surface area contributed by atoms with E-state index in [0.717, 1.165) is 17.1 Å². The van der Waals surface area contributed by atoms with E-state index in [9.17, 15) is 4.39 Å². The molecule has 0 saturated heterocycles. The highest BCUT2D eigenvalue weighted by molar-refractivity contribution is 5.60. The molecule has 3 heterocycles. The summed E-state index contributed by atoms with van der Waals surface area (Å²) in [7, 11) is 1.58. The van der Waals surface area contributed by atoms with Gasteiger partial charge < -0.3 is 14.1 Å². The van der Waals surface area contributed by atoms with Crippen LogP contribution in [0, 0.1) is 5.82 Å². The van der Waals surface area contributed by atoms with Crippen molar-refractivity contribution in [2.75, 3.05) is 18.6 Å². The first kappa shape index (κ1) is 14.7. The molecule has 0 unspecified atom stereocenters. The van der Waals surface area contributed by atoms with Gasteiger partial charge in [0.2, 0.25) is 5.89 Å². The molecule has 0 amide bonds. The second-order valence-corrected chi connectivity index (χ2v) is 5.59. The number of pyridine rings is 1. The monoisotopic (exact) mass is 325 g/mol. The van der Waals surface area contributed by atoms with Crippen LogP contribution in [0.5, 0.6) is 5.75 Å². The van der Waals surface area contributed by atoms with Crippen LogP contribution >= 0.6 is 0 Å². The van der Waals surface area contributed by atoms with Crippen molar-refractivity contribution >= 4 is 5.69 Å². The van der Waals surface area contributed by atoms with Crippen LogP contribution in [0.4, 0.5) is 10.1 Å². The Morgan fingerprint density at radius 2 is 2.17 bits per heavy atom. The molecular weight excluding hydrogens is 309 g/mol. The summed E-state index contributed by atoms with van der Waals surface area (Å²) in [5.74, 6) is 1.75. The van der Waals surface area contributed by atoms with E-state index in [4.69, 9.17) is 9.15 Å². The van der Waals surface area contributed by atoms with Gasteiger partial charge in [0.25, 0.3) is 0 Å². The molecule has 4 rings (SSSR count). The molecule has 0 bridgehead atoms. The molecule has 0 atom stereocenters. The number of halogens is 1. The van der Waals surface area contributed by atoms with Crippen molar-refractivity contribution in [1.29, 1.82) is 0 Å². The van der Waals surface area contributed by atoms with E-state index in [0.29, 0.717) is 36.8 Å². The predicted molar refractivity (Wildman–Crippen MR) is 87.4 cm³/mol. The fourth-order valence-corrected chi connectivity index (χ4v) is 2.91. The fraction of sp³-hybridized carbons (Fsp3) is 0.222. The number of anilines is 1. The first-order chi connectivity index (χ1) is 11.7. The van der Waals surface area contributed by atoms with Gasteiger partial charge >= 0.3 is 0 Å². The number of benzene rings is 1. The van der Waals surface area contributed by atoms with Crippen LogP contribution < -0.4 is 9.64 Å². The van der Waals surface area contributed by atoms with Gasteiger partial charge in [0.1, 0.15) is 28.7 Å². The standard InChI is InChI=1S/C18H16FN3O2/c1-23-17-6-5-12(19)10-15(17)22-9-7-16-14(11-22)21-18(24-16)13-4-2-3-8-20-13/h2-6,8,10H,7,9,11H2,1H3. The van der Waals surface area contributed by atoms with Gasteiger partial charge in [-0.15, -0.1) is 0 Å². The third kappa shape index (κ3) is 2.60. The van der Waals surface area contributed by atoms with E-state index >= 15 is 0 Å². The summed E-state index contributed by atoms with van der Waals surface area (Å²) in [6, 6.07) is 10.1. The number of rotatable bonds is 3. The number of fused-ring (bicyclic) bond motifs is 1. The van der Waals surface area contributed by atoms with Gasteiger partial charge in [-0.25, -0.2) is 9.37 Å². The molecule has 2 aromatic heterocycles. The van der Waals surface area contributed by atoms with E-state index in [1.54, 1.807) is 19.4 Å². The zero-order chi connectivity index (χ0) is 16.5. The first-order valence-electron chi connectivity index (χ1n) is 7.73. The van der Waals surface area contributed by atoms with Crippen molar-refractivity contribution in [2.24, 2.45) is 0 Å². The maximum atomic E-state index is 13.6. The summed E-state index contributed by atoms with van der Waals surface area (Å²) in [6.45, 7) is 1.26. The average Bonchev–Trinajstić information content (AvgIpc) is 3.05. The first-order valence-corrected chi connectivity index (χ1v) is 7.73. The molecule has 0 fully saturated rings. The van der Waals surface area contributed by atoms with Crippen molar-refractivity contribution in [3.8, 4) is 17.3 Å². The maximum absolute atomic E-state index is 13.6. The molecule has 0 aliphatic carbocycles. The van der Waals surface area contributed by atoms with Crippen molar-refractivity contribution < 1.29 is 13.5 Å². The van der Waals surface area contributed by atoms with Gasteiger partial charge in [0.15, 0.2) is 0 Å². The summed E-state index contributed by atoms with van der Waals surface area (Å²) in [5, 5.41) is 0. The molecule has 24 heavy (non-hydrogen) atoms. The number of oxazole rings is 1. The van der Waals surface area contributed by atoms with E-state index in [2.05, 4.69) is 14.9 Å². The minimum absolute atomic E-state index is 0.286. The summed E-state index contributed by atoms with van der Waals surface area (Å²) >= 11 is 0. The van der Waals surface area contributed by atoms with Gasteiger partial charge in [-0.1, -0.05) is 6.07 Å². The lowest BCUT2D eigenvalue weighted by molar-refractivity contribution is 0.411. The minimum Gasteiger partial charge on any atom is -0.495 e. The van der Waals surface area contributed by atoms with E-state index in [1.807, 2.05) is 18.2 Å². The van der Waals surface area contributed by atoms with Crippen LogP contribution in [0.3, 0.4) is 0 Å². The Hall–Kier alpha value is -2.89. The Labute approximate surface area is 138 Å². The number of nitrogens with zero attached hydrogens (tertiary/aromatic N) is 3.